The zero-order chi connectivity index (χ0) is 18.9. The molecule has 2 amide bonds. The lowest BCUT2D eigenvalue weighted by atomic mass is 10.1. The Balaban J connectivity index is 2.12. The fourth-order valence-corrected chi connectivity index (χ4v) is 3.06. The second-order valence-corrected chi connectivity index (χ2v) is 6.51. The van der Waals surface area contributed by atoms with Gasteiger partial charge in [-0.15, -0.1) is 0 Å². The Morgan fingerprint density at radius 3 is 2.68 bits per heavy atom. The molecule has 0 spiro atoms. The lowest BCUT2D eigenvalue weighted by molar-refractivity contribution is -0.385. The average Bonchev–Trinajstić information content (AvgIpc) is 2.80. The number of likely N-dealkylation sites (tertiary alicyclic amines) is 1. The van der Waals surface area contributed by atoms with E-state index in [0.29, 0.717) is 14.9 Å². The van der Waals surface area contributed by atoms with E-state index in [2.05, 4.69) is 21.2 Å². The van der Waals surface area contributed by atoms with E-state index in [9.17, 15) is 32.9 Å². The minimum absolute atomic E-state index is 0.115. The van der Waals surface area contributed by atoms with Crippen LogP contribution in [0.4, 0.5) is 24.5 Å². The second kappa shape index (κ2) is 6.98. The highest BCUT2D eigenvalue weighted by molar-refractivity contribution is 9.10. The van der Waals surface area contributed by atoms with Crippen molar-refractivity contribution in [1.29, 1.82) is 0 Å². The molecule has 0 bridgehead atoms. The van der Waals surface area contributed by atoms with Crippen molar-refractivity contribution in [2.45, 2.75) is 19.5 Å². The molecule has 0 saturated carbocycles. The number of carbonyl (C=O) groups excluding carboxylic acids is 2. The van der Waals surface area contributed by atoms with Crippen LogP contribution >= 0.6 is 15.9 Å². The summed E-state index contributed by atoms with van der Waals surface area (Å²) < 4.78 is 37.6. The van der Waals surface area contributed by atoms with Crippen LogP contribution in [0.1, 0.15) is 12.0 Å². The maximum absolute atomic E-state index is 12.4. The molecule has 7 nitrogen and oxygen atoms in total. The maximum atomic E-state index is 12.4. The van der Waals surface area contributed by atoms with Gasteiger partial charge < -0.3 is 10.2 Å². The number of rotatable bonds is 4. The van der Waals surface area contributed by atoms with E-state index in [1.54, 1.807) is 0 Å². The summed E-state index contributed by atoms with van der Waals surface area (Å²) in [5.41, 5.74) is 0.283. The van der Waals surface area contributed by atoms with Crippen molar-refractivity contribution in [1.82, 2.24) is 4.90 Å². The first-order chi connectivity index (χ1) is 11.5. The standard InChI is InChI=1S/C14H13BrF3N3O4/c1-7-2-9(15)10(4-11(7)21(24)25)19-13(23)8-3-12(22)20(5-8)6-14(16,17)18/h2,4,8H,3,5-6H2,1H3,(H,19,23)/t8-/m1/s1. The molecule has 0 unspecified atom stereocenters. The van der Waals surface area contributed by atoms with Gasteiger partial charge in [0.2, 0.25) is 11.8 Å². The first-order valence-electron chi connectivity index (χ1n) is 7.08. The number of nitrogens with one attached hydrogen (secondary N) is 1. The molecular formula is C14H13BrF3N3O4. The highest BCUT2D eigenvalue weighted by Gasteiger charge is 2.40. The largest absolute Gasteiger partial charge is 0.406 e. The fraction of sp³-hybridized carbons (Fsp3) is 0.429. The van der Waals surface area contributed by atoms with E-state index in [1.807, 2.05) is 0 Å². The number of alkyl halides is 3. The highest BCUT2D eigenvalue weighted by atomic mass is 79.9. The van der Waals surface area contributed by atoms with Gasteiger partial charge in [-0.2, -0.15) is 13.2 Å². The number of nitrogens with zero attached hydrogens (tertiary/aromatic N) is 2. The van der Waals surface area contributed by atoms with Crippen LogP contribution < -0.4 is 5.32 Å². The number of anilines is 1. The normalized spacial score (nSPS) is 17.7. The van der Waals surface area contributed by atoms with Gasteiger partial charge in [0.15, 0.2) is 0 Å². The van der Waals surface area contributed by atoms with Gasteiger partial charge >= 0.3 is 6.18 Å². The van der Waals surface area contributed by atoms with Crippen LogP contribution in [0.15, 0.2) is 16.6 Å². The maximum Gasteiger partial charge on any atom is 0.406 e. The van der Waals surface area contributed by atoms with Crippen molar-refractivity contribution in [3.63, 3.8) is 0 Å². The second-order valence-electron chi connectivity index (χ2n) is 5.66. The molecule has 1 aliphatic rings. The first-order valence-corrected chi connectivity index (χ1v) is 7.87. The Hall–Kier alpha value is -2.17. The van der Waals surface area contributed by atoms with E-state index in [0.717, 1.165) is 6.07 Å². The molecular weight excluding hydrogens is 411 g/mol. The molecule has 0 radical (unpaired) electrons. The predicted molar refractivity (Wildman–Crippen MR) is 84.9 cm³/mol. The molecule has 1 atom stereocenters. The smallest absolute Gasteiger partial charge is 0.333 e. The molecule has 1 N–H and O–H groups in total. The average molecular weight is 424 g/mol. The topological polar surface area (TPSA) is 92.6 Å². The van der Waals surface area contributed by atoms with E-state index >= 15 is 0 Å². The number of amides is 2. The molecule has 1 aliphatic heterocycles. The predicted octanol–water partition coefficient (Wildman–Crippen LogP) is 3.02. The lowest BCUT2D eigenvalue weighted by Gasteiger charge is -2.18. The fourth-order valence-electron chi connectivity index (χ4n) is 2.51. The van der Waals surface area contributed by atoms with E-state index in [1.165, 1.54) is 13.0 Å². The van der Waals surface area contributed by atoms with Crippen LogP contribution in [0.2, 0.25) is 0 Å². The number of benzene rings is 1. The Morgan fingerprint density at radius 1 is 1.48 bits per heavy atom. The Kier molecular flexibility index (Phi) is 5.35. The van der Waals surface area contributed by atoms with Gasteiger partial charge in [0, 0.05) is 29.1 Å². The number of carbonyl (C=O) groups is 2. The summed E-state index contributed by atoms with van der Waals surface area (Å²) in [6.45, 7) is -0.232. The van der Waals surface area contributed by atoms with Crippen molar-refractivity contribution >= 4 is 39.1 Å². The zero-order valence-electron chi connectivity index (χ0n) is 12.9. The Bertz CT molecular complexity index is 739. The van der Waals surface area contributed by atoms with Gasteiger partial charge in [-0.05, 0) is 28.9 Å². The van der Waals surface area contributed by atoms with Gasteiger partial charge in [0.25, 0.3) is 5.69 Å². The summed E-state index contributed by atoms with van der Waals surface area (Å²) in [5.74, 6) is -2.38. The van der Waals surface area contributed by atoms with E-state index in [4.69, 9.17) is 0 Å². The van der Waals surface area contributed by atoms with Crippen LogP contribution in [0, 0.1) is 23.0 Å². The minimum Gasteiger partial charge on any atom is -0.333 e. The van der Waals surface area contributed by atoms with Crippen molar-refractivity contribution in [2.75, 3.05) is 18.4 Å². The van der Waals surface area contributed by atoms with Crippen LogP contribution in [0.25, 0.3) is 0 Å². The molecule has 0 aliphatic carbocycles. The van der Waals surface area contributed by atoms with Gasteiger partial charge in [-0.3, -0.25) is 19.7 Å². The number of hydrogen-bond donors (Lipinski definition) is 1. The van der Waals surface area contributed by atoms with E-state index in [-0.39, 0.29) is 24.3 Å². The van der Waals surface area contributed by atoms with E-state index < -0.39 is 35.4 Å². The number of hydrogen-bond acceptors (Lipinski definition) is 4. The third-order valence-electron chi connectivity index (χ3n) is 3.70. The quantitative estimate of drug-likeness (QED) is 0.594. The molecule has 0 aromatic heterocycles. The van der Waals surface area contributed by atoms with Gasteiger partial charge in [-0.1, -0.05) is 0 Å². The number of aryl methyl sites for hydroxylation is 1. The highest BCUT2D eigenvalue weighted by Crippen LogP contribution is 2.32. The van der Waals surface area contributed by atoms with Crippen molar-refractivity contribution in [3.05, 3.63) is 32.3 Å². The molecule has 1 saturated heterocycles. The molecule has 1 fully saturated rings. The van der Waals surface area contributed by atoms with Gasteiger partial charge in [0.05, 0.1) is 16.5 Å². The van der Waals surface area contributed by atoms with Gasteiger partial charge in [-0.25, -0.2) is 0 Å². The van der Waals surface area contributed by atoms with Crippen molar-refractivity contribution in [2.24, 2.45) is 5.92 Å². The van der Waals surface area contributed by atoms with Crippen LogP contribution in [0.5, 0.6) is 0 Å². The summed E-state index contributed by atoms with van der Waals surface area (Å²) in [6.07, 6.45) is -4.88. The number of nitro benzene ring substituents is 1. The van der Waals surface area contributed by atoms with Crippen LogP contribution in [-0.4, -0.2) is 40.9 Å². The monoisotopic (exact) mass is 423 g/mol. The third kappa shape index (κ3) is 4.68. The Labute approximate surface area is 148 Å². The first kappa shape index (κ1) is 19.2. The van der Waals surface area contributed by atoms with Crippen LogP contribution in [-0.2, 0) is 9.59 Å². The van der Waals surface area contributed by atoms with Crippen molar-refractivity contribution in [3.8, 4) is 0 Å². The molecule has 1 aromatic carbocycles. The summed E-state index contributed by atoms with van der Waals surface area (Å²) in [4.78, 5) is 34.8. The lowest BCUT2D eigenvalue weighted by Crippen LogP contribution is -2.36. The summed E-state index contributed by atoms with van der Waals surface area (Å²) in [6, 6.07) is 2.60. The molecule has 25 heavy (non-hydrogen) atoms. The molecule has 11 heteroatoms. The zero-order valence-corrected chi connectivity index (χ0v) is 14.5. The number of halogens is 4. The molecule has 136 valence electrons. The number of nitro groups is 1. The third-order valence-corrected chi connectivity index (χ3v) is 4.35. The van der Waals surface area contributed by atoms with Gasteiger partial charge in [0.1, 0.15) is 6.54 Å². The Morgan fingerprint density at radius 2 is 2.12 bits per heavy atom. The molecule has 2 rings (SSSR count). The molecule has 1 aromatic rings. The van der Waals surface area contributed by atoms with Crippen LogP contribution in [0.3, 0.4) is 0 Å². The SMILES string of the molecule is Cc1cc(Br)c(NC(=O)[C@@H]2CC(=O)N(CC(F)(F)F)C2)cc1[N+](=O)[O-]. The summed E-state index contributed by atoms with van der Waals surface area (Å²) in [7, 11) is 0. The summed E-state index contributed by atoms with van der Waals surface area (Å²) in [5, 5.41) is 13.4. The molecule has 1 heterocycles. The minimum atomic E-state index is -4.54. The summed E-state index contributed by atoms with van der Waals surface area (Å²) >= 11 is 3.17. The van der Waals surface area contributed by atoms with Crippen molar-refractivity contribution < 1.29 is 27.7 Å².